The summed E-state index contributed by atoms with van der Waals surface area (Å²) in [6, 6.07) is 21.2. The van der Waals surface area contributed by atoms with Crippen LogP contribution in [0.5, 0.6) is 5.75 Å². The van der Waals surface area contributed by atoms with E-state index < -0.39 is 12.1 Å². The van der Waals surface area contributed by atoms with Crippen molar-refractivity contribution < 1.29 is 18.7 Å². The Morgan fingerprint density at radius 2 is 1.83 bits per heavy atom. The van der Waals surface area contributed by atoms with E-state index in [2.05, 4.69) is 4.98 Å². The molecule has 0 aliphatic carbocycles. The topological polar surface area (TPSA) is 65.6 Å². The Hall–Kier alpha value is -4.13. The molecule has 2 unspecified atom stereocenters. The number of ether oxygens (including phenoxy) is 1. The number of nitrogens with zero attached hydrogens (tertiary/aromatic N) is 2. The van der Waals surface area contributed by atoms with E-state index in [4.69, 9.17) is 4.74 Å². The van der Waals surface area contributed by atoms with E-state index in [1.165, 1.54) is 6.07 Å². The van der Waals surface area contributed by atoms with E-state index in [1.807, 2.05) is 48.5 Å². The van der Waals surface area contributed by atoms with Crippen molar-refractivity contribution in [3.05, 3.63) is 101 Å². The average molecular weight is 484 g/mol. The standard InChI is InChI=1S/C29H26FN3O3/c1-36-20-9-6-8-19(15-20)28-27-22(21-10-3-5-12-24(21)31-27)16-25-29(35)32(17-26(34)33(25)28)14-13-18-7-2-4-11-23(18)30/h2-12,15,25,28,31H,13-14,16-17H2,1H3. The summed E-state index contributed by atoms with van der Waals surface area (Å²) < 4.78 is 19.6. The van der Waals surface area contributed by atoms with Gasteiger partial charge in [-0.05, 0) is 47.4 Å². The third-order valence-corrected chi connectivity index (χ3v) is 7.36. The molecule has 182 valence electrons. The van der Waals surface area contributed by atoms with Gasteiger partial charge in [-0.3, -0.25) is 9.59 Å². The highest BCUT2D eigenvalue weighted by atomic mass is 19.1. The molecule has 4 aromatic rings. The zero-order valence-corrected chi connectivity index (χ0v) is 19.9. The van der Waals surface area contributed by atoms with Crippen molar-refractivity contribution >= 4 is 22.7 Å². The van der Waals surface area contributed by atoms with Crippen molar-refractivity contribution in [3.63, 3.8) is 0 Å². The molecule has 2 aliphatic rings. The van der Waals surface area contributed by atoms with Gasteiger partial charge >= 0.3 is 0 Å². The molecule has 1 saturated heterocycles. The molecule has 3 aromatic carbocycles. The van der Waals surface area contributed by atoms with Gasteiger partial charge in [-0.15, -0.1) is 0 Å². The van der Waals surface area contributed by atoms with E-state index in [0.29, 0.717) is 30.7 Å². The quantitative estimate of drug-likeness (QED) is 0.462. The van der Waals surface area contributed by atoms with Crippen molar-refractivity contribution in [2.75, 3.05) is 20.2 Å². The van der Waals surface area contributed by atoms with Gasteiger partial charge in [0.05, 0.1) is 19.7 Å². The molecule has 1 fully saturated rings. The Balaban J connectivity index is 1.40. The molecule has 0 bridgehead atoms. The monoisotopic (exact) mass is 483 g/mol. The number of fused-ring (bicyclic) bond motifs is 4. The number of benzene rings is 3. The third-order valence-electron chi connectivity index (χ3n) is 7.36. The Kier molecular flexibility index (Phi) is 5.48. The van der Waals surface area contributed by atoms with E-state index in [9.17, 15) is 14.0 Å². The fraction of sp³-hybridized carbons (Fsp3) is 0.241. The number of aromatic nitrogens is 1. The molecule has 0 spiro atoms. The van der Waals surface area contributed by atoms with Gasteiger partial charge in [0.2, 0.25) is 11.8 Å². The molecule has 6 rings (SSSR count). The summed E-state index contributed by atoms with van der Waals surface area (Å²) in [6.45, 7) is 0.264. The normalized spacial score (nSPS) is 19.4. The van der Waals surface area contributed by atoms with Crippen LogP contribution in [-0.2, 0) is 22.4 Å². The zero-order valence-electron chi connectivity index (χ0n) is 19.9. The number of para-hydroxylation sites is 1. The van der Waals surface area contributed by atoms with Crippen molar-refractivity contribution in [2.45, 2.75) is 24.9 Å². The molecule has 7 heteroatoms. The molecule has 0 radical (unpaired) electrons. The number of hydrogen-bond donors (Lipinski definition) is 1. The number of halogens is 1. The maximum atomic E-state index is 14.2. The van der Waals surface area contributed by atoms with Gasteiger partial charge in [0.1, 0.15) is 17.6 Å². The average Bonchev–Trinajstić information content (AvgIpc) is 3.28. The van der Waals surface area contributed by atoms with Crippen LogP contribution < -0.4 is 4.74 Å². The number of piperazine rings is 1. The predicted molar refractivity (Wildman–Crippen MR) is 134 cm³/mol. The Morgan fingerprint density at radius 1 is 1.03 bits per heavy atom. The van der Waals surface area contributed by atoms with Crippen LogP contribution in [0.4, 0.5) is 4.39 Å². The van der Waals surface area contributed by atoms with Crippen molar-refractivity contribution in [1.29, 1.82) is 0 Å². The molecular formula is C29H26FN3O3. The lowest BCUT2D eigenvalue weighted by Gasteiger charge is -2.47. The molecule has 3 heterocycles. The molecule has 2 aliphatic heterocycles. The van der Waals surface area contributed by atoms with Crippen LogP contribution >= 0.6 is 0 Å². The van der Waals surface area contributed by atoms with Crippen molar-refractivity contribution in [2.24, 2.45) is 0 Å². The van der Waals surface area contributed by atoms with Gasteiger partial charge in [0.15, 0.2) is 0 Å². The van der Waals surface area contributed by atoms with Gasteiger partial charge in [-0.2, -0.15) is 0 Å². The first kappa shape index (κ1) is 22.3. The van der Waals surface area contributed by atoms with E-state index in [-0.39, 0.29) is 24.2 Å². The van der Waals surface area contributed by atoms with Crippen LogP contribution in [0.2, 0.25) is 0 Å². The van der Waals surface area contributed by atoms with Crippen molar-refractivity contribution in [1.82, 2.24) is 14.8 Å². The summed E-state index contributed by atoms with van der Waals surface area (Å²) in [5, 5.41) is 1.06. The van der Waals surface area contributed by atoms with Crippen LogP contribution in [0.25, 0.3) is 10.9 Å². The Bertz CT molecular complexity index is 1480. The van der Waals surface area contributed by atoms with Gasteiger partial charge < -0.3 is 19.5 Å². The number of rotatable bonds is 5. The van der Waals surface area contributed by atoms with E-state index in [0.717, 1.165) is 27.7 Å². The van der Waals surface area contributed by atoms with Gasteiger partial charge in [0.25, 0.3) is 0 Å². The molecule has 2 atom stereocenters. The number of aromatic amines is 1. The second kappa shape index (κ2) is 8.82. The van der Waals surface area contributed by atoms with Crippen molar-refractivity contribution in [3.8, 4) is 5.75 Å². The summed E-state index contributed by atoms with van der Waals surface area (Å²) in [7, 11) is 1.61. The SMILES string of the molecule is COc1cccc(C2c3[nH]c4ccccc4c3CC3C(=O)N(CCc4ccccc4F)CC(=O)N32)c1. The van der Waals surface area contributed by atoms with Crippen LogP contribution in [0.1, 0.15) is 28.4 Å². The second-order valence-electron chi connectivity index (χ2n) is 9.36. The largest absolute Gasteiger partial charge is 0.497 e. The molecule has 2 amide bonds. The highest BCUT2D eigenvalue weighted by molar-refractivity contribution is 5.97. The maximum absolute atomic E-state index is 14.2. The lowest BCUT2D eigenvalue weighted by Crippen LogP contribution is -2.63. The highest BCUT2D eigenvalue weighted by Crippen LogP contribution is 2.43. The summed E-state index contributed by atoms with van der Waals surface area (Å²) >= 11 is 0. The number of nitrogens with one attached hydrogen (secondary N) is 1. The number of methoxy groups -OCH3 is 1. The minimum Gasteiger partial charge on any atom is -0.497 e. The first-order chi connectivity index (χ1) is 17.5. The number of carbonyl (C=O) groups is 2. The fourth-order valence-electron chi connectivity index (χ4n) is 5.63. The fourth-order valence-corrected chi connectivity index (χ4v) is 5.63. The zero-order chi connectivity index (χ0) is 24.8. The Labute approximate surface area is 208 Å². The minimum absolute atomic E-state index is 0.0280. The molecular weight excluding hydrogens is 457 g/mol. The lowest BCUT2D eigenvalue weighted by molar-refractivity contribution is -0.158. The van der Waals surface area contributed by atoms with Gasteiger partial charge in [-0.1, -0.05) is 48.5 Å². The number of hydrogen-bond acceptors (Lipinski definition) is 3. The van der Waals surface area contributed by atoms with Gasteiger partial charge in [-0.25, -0.2) is 4.39 Å². The van der Waals surface area contributed by atoms with E-state index >= 15 is 0 Å². The Morgan fingerprint density at radius 3 is 2.67 bits per heavy atom. The summed E-state index contributed by atoms with van der Waals surface area (Å²) in [5.41, 5.74) is 4.38. The number of carbonyl (C=O) groups excluding carboxylic acids is 2. The number of H-pyrrole nitrogens is 1. The molecule has 0 saturated carbocycles. The maximum Gasteiger partial charge on any atom is 0.246 e. The first-order valence-electron chi connectivity index (χ1n) is 12.1. The van der Waals surface area contributed by atoms with Crippen LogP contribution in [0, 0.1) is 5.82 Å². The van der Waals surface area contributed by atoms with Crippen LogP contribution in [-0.4, -0.2) is 52.8 Å². The molecule has 6 nitrogen and oxygen atoms in total. The third kappa shape index (κ3) is 3.63. The predicted octanol–water partition coefficient (Wildman–Crippen LogP) is 4.24. The first-order valence-corrected chi connectivity index (χ1v) is 12.1. The summed E-state index contributed by atoms with van der Waals surface area (Å²) in [6.07, 6.45) is 0.788. The smallest absolute Gasteiger partial charge is 0.246 e. The van der Waals surface area contributed by atoms with Gasteiger partial charge in [0, 0.05) is 29.6 Å². The second-order valence-corrected chi connectivity index (χ2v) is 9.36. The summed E-state index contributed by atoms with van der Waals surface area (Å²) in [4.78, 5) is 34.3. The lowest BCUT2D eigenvalue weighted by atomic mass is 9.86. The van der Waals surface area contributed by atoms with Crippen LogP contribution in [0.15, 0.2) is 72.8 Å². The molecule has 1 aromatic heterocycles. The molecule has 1 N–H and O–H groups in total. The summed E-state index contributed by atoms with van der Waals surface area (Å²) in [5.74, 6) is 0.170. The van der Waals surface area contributed by atoms with Crippen LogP contribution in [0.3, 0.4) is 0 Å². The highest BCUT2D eigenvalue weighted by Gasteiger charge is 2.48. The number of amides is 2. The molecule has 36 heavy (non-hydrogen) atoms. The minimum atomic E-state index is -0.630. The van der Waals surface area contributed by atoms with E-state index in [1.54, 1.807) is 35.1 Å².